The van der Waals surface area contributed by atoms with Gasteiger partial charge in [-0.1, -0.05) is 23.0 Å². The number of aromatic nitrogens is 5. The third-order valence-corrected chi connectivity index (χ3v) is 9.47. The standard InChI is InChI=1S/C23H25N9O7S3/c24-22-25-13(10-41-22)15(28-39-12-4-2-1-3-5-12)18(35)26-16-19(36)32-17(21(37)38)11(8-40-20(16)32)9-42-23-27-29-30-31(23)7-6-14(33)34/h2,4,10,12,16,20H,1,3,5-9H2,(H2,24,25)(H,26,35)(H,33,34)(H,37,38)/t12?,16?,20-/m0/s1. The maximum Gasteiger partial charge on any atom is 0.352 e. The van der Waals surface area contributed by atoms with Gasteiger partial charge >= 0.3 is 11.9 Å². The second kappa shape index (κ2) is 12.9. The lowest BCUT2D eigenvalue weighted by atomic mass is 10.0. The van der Waals surface area contributed by atoms with Crippen LogP contribution in [0.25, 0.3) is 0 Å². The summed E-state index contributed by atoms with van der Waals surface area (Å²) in [7, 11) is 0. The molecular formula is C23H25N9O7S3. The normalized spacial score (nSPS) is 22.0. The van der Waals surface area contributed by atoms with Crippen molar-refractivity contribution in [2.45, 2.75) is 54.9 Å². The minimum Gasteiger partial charge on any atom is -0.481 e. The quantitative estimate of drug-likeness (QED) is 0.0821. The number of hydrogen-bond acceptors (Lipinski definition) is 14. The maximum absolute atomic E-state index is 13.3. The molecule has 0 saturated carbocycles. The minimum absolute atomic E-state index is 0.0551. The first-order valence-corrected chi connectivity index (χ1v) is 15.6. The van der Waals surface area contributed by atoms with Crippen LogP contribution in [0.15, 0.2) is 39.1 Å². The molecule has 19 heteroatoms. The van der Waals surface area contributed by atoms with Gasteiger partial charge in [-0.25, -0.2) is 14.5 Å². The van der Waals surface area contributed by atoms with E-state index in [4.69, 9.17) is 15.7 Å². The smallest absolute Gasteiger partial charge is 0.352 e. The highest BCUT2D eigenvalue weighted by Crippen LogP contribution is 2.41. The number of carbonyl (C=O) groups is 4. The number of fused-ring (bicyclic) bond motifs is 1. The molecule has 2 aromatic heterocycles. The lowest BCUT2D eigenvalue weighted by Crippen LogP contribution is -2.71. The third-order valence-electron chi connectivity index (χ3n) is 6.42. The van der Waals surface area contributed by atoms with E-state index in [1.807, 2.05) is 12.2 Å². The number of oxime groups is 1. The molecule has 42 heavy (non-hydrogen) atoms. The lowest BCUT2D eigenvalue weighted by Gasteiger charge is -2.49. The van der Waals surface area contributed by atoms with Crippen LogP contribution in [-0.4, -0.2) is 98.8 Å². The van der Waals surface area contributed by atoms with Gasteiger partial charge in [-0.05, 0) is 41.3 Å². The summed E-state index contributed by atoms with van der Waals surface area (Å²) in [6.07, 6.45) is 5.98. The fourth-order valence-electron chi connectivity index (χ4n) is 4.39. The number of anilines is 1. The number of hydrogen-bond donors (Lipinski definition) is 4. The highest BCUT2D eigenvalue weighted by atomic mass is 32.2. The molecule has 1 fully saturated rings. The van der Waals surface area contributed by atoms with Gasteiger partial charge in [-0.2, -0.15) is 0 Å². The average Bonchev–Trinajstić information content (AvgIpc) is 3.62. The first-order valence-electron chi connectivity index (χ1n) is 12.7. The molecule has 4 heterocycles. The molecule has 2 unspecified atom stereocenters. The Labute approximate surface area is 250 Å². The number of β-lactam (4-membered cyclic amide) rings is 1. The zero-order chi connectivity index (χ0) is 29.8. The number of aliphatic carboxylic acids is 2. The van der Waals surface area contributed by atoms with E-state index in [0.717, 1.165) is 47.3 Å². The van der Waals surface area contributed by atoms with Crippen LogP contribution in [0.2, 0.25) is 0 Å². The highest BCUT2D eigenvalue weighted by Gasteiger charge is 2.54. The molecule has 0 aromatic carbocycles. The monoisotopic (exact) mass is 635 g/mol. The number of allylic oxidation sites excluding steroid dienone is 1. The van der Waals surface area contributed by atoms with Crippen molar-refractivity contribution in [3.05, 3.63) is 34.5 Å². The van der Waals surface area contributed by atoms with Gasteiger partial charge in [-0.15, -0.1) is 28.2 Å². The summed E-state index contributed by atoms with van der Waals surface area (Å²) in [5.74, 6) is -3.15. The molecular weight excluding hydrogens is 611 g/mol. The number of carbonyl (C=O) groups excluding carboxylic acids is 2. The van der Waals surface area contributed by atoms with E-state index >= 15 is 0 Å². The summed E-state index contributed by atoms with van der Waals surface area (Å²) in [6, 6.07) is -0.995. The Bertz CT molecular complexity index is 1490. The Balaban J connectivity index is 1.28. The zero-order valence-electron chi connectivity index (χ0n) is 21.8. The van der Waals surface area contributed by atoms with Crippen molar-refractivity contribution in [1.82, 2.24) is 35.4 Å². The molecule has 1 aliphatic carbocycles. The molecule has 5 rings (SSSR count). The number of nitrogen functional groups attached to an aromatic ring is 1. The number of rotatable bonds is 12. The van der Waals surface area contributed by atoms with E-state index in [2.05, 4.69) is 31.0 Å². The molecule has 3 atom stereocenters. The van der Waals surface area contributed by atoms with Crippen LogP contribution < -0.4 is 11.1 Å². The number of thioether (sulfide) groups is 2. The van der Waals surface area contributed by atoms with E-state index in [9.17, 15) is 24.3 Å². The molecule has 2 aromatic rings. The number of carboxylic acid groups (broad SMARTS) is 2. The highest BCUT2D eigenvalue weighted by molar-refractivity contribution is 8.01. The van der Waals surface area contributed by atoms with Crippen molar-refractivity contribution in [1.29, 1.82) is 0 Å². The number of amides is 2. The van der Waals surface area contributed by atoms with Crippen LogP contribution in [0.1, 0.15) is 31.4 Å². The fraction of sp³-hybridized carbons (Fsp3) is 0.435. The number of carboxylic acids is 2. The third kappa shape index (κ3) is 6.41. The molecule has 16 nitrogen and oxygen atoms in total. The van der Waals surface area contributed by atoms with Crippen molar-refractivity contribution in [2.75, 3.05) is 17.2 Å². The summed E-state index contributed by atoms with van der Waals surface area (Å²) >= 11 is 3.56. The minimum atomic E-state index is -1.28. The predicted molar refractivity (Wildman–Crippen MR) is 151 cm³/mol. The molecule has 222 valence electrons. The van der Waals surface area contributed by atoms with Crippen LogP contribution in [0, 0.1) is 0 Å². The van der Waals surface area contributed by atoms with Crippen molar-refractivity contribution in [3.63, 3.8) is 0 Å². The van der Waals surface area contributed by atoms with Gasteiger partial charge in [0.1, 0.15) is 28.9 Å². The molecule has 1 saturated heterocycles. The van der Waals surface area contributed by atoms with Crippen LogP contribution in [-0.2, 0) is 30.6 Å². The summed E-state index contributed by atoms with van der Waals surface area (Å²) < 4.78 is 1.32. The molecule has 2 aliphatic heterocycles. The molecule has 5 N–H and O–H groups in total. The number of tetrazole rings is 1. The molecule has 0 spiro atoms. The van der Waals surface area contributed by atoms with Crippen molar-refractivity contribution < 1.29 is 34.2 Å². The number of aryl methyl sites for hydroxylation is 1. The Morgan fingerprint density at radius 3 is 2.83 bits per heavy atom. The second-order valence-electron chi connectivity index (χ2n) is 9.25. The van der Waals surface area contributed by atoms with E-state index in [1.165, 1.54) is 16.4 Å². The topological polar surface area (TPSA) is 228 Å². The summed E-state index contributed by atoms with van der Waals surface area (Å²) in [6.45, 7) is 0.0551. The summed E-state index contributed by atoms with van der Waals surface area (Å²) in [5.41, 5.74) is 6.12. The largest absolute Gasteiger partial charge is 0.481 e. The van der Waals surface area contributed by atoms with Gasteiger partial charge in [0.05, 0.1) is 13.0 Å². The SMILES string of the molecule is Nc1nc(C(=NOC2C=CCCC2)C(=O)NC2C(=O)N3C(C(=O)O)=C(CSc4nnnn4CCC(=O)O)CS[C@@H]23)cs1. The van der Waals surface area contributed by atoms with Gasteiger partial charge in [0, 0.05) is 16.9 Å². The van der Waals surface area contributed by atoms with Crippen molar-refractivity contribution in [3.8, 4) is 0 Å². The molecule has 3 aliphatic rings. The fourth-order valence-corrected chi connectivity index (χ4v) is 7.32. The molecule has 0 bridgehead atoms. The van der Waals surface area contributed by atoms with Gasteiger partial charge in [-0.3, -0.25) is 19.3 Å². The van der Waals surface area contributed by atoms with Crippen LogP contribution in [0.5, 0.6) is 0 Å². The van der Waals surface area contributed by atoms with Gasteiger partial charge in [0.15, 0.2) is 10.8 Å². The Kier molecular flexibility index (Phi) is 9.07. The Morgan fingerprint density at radius 2 is 2.14 bits per heavy atom. The number of nitrogens with two attached hydrogens (primary N) is 1. The van der Waals surface area contributed by atoms with Crippen LogP contribution in [0.4, 0.5) is 5.13 Å². The van der Waals surface area contributed by atoms with E-state index < -0.39 is 35.2 Å². The van der Waals surface area contributed by atoms with Gasteiger partial charge in [0.2, 0.25) is 5.16 Å². The van der Waals surface area contributed by atoms with Crippen LogP contribution >= 0.6 is 34.9 Å². The predicted octanol–water partition coefficient (Wildman–Crippen LogP) is 0.547. The second-order valence-corrected chi connectivity index (χ2v) is 12.2. The van der Waals surface area contributed by atoms with E-state index in [0.29, 0.717) is 10.7 Å². The Morgan fingerprint density at radius 1 is 1.31 bits per heavy atom. The van der Waals surface area contributed by atoms with Crippen molar-refractivity contribution in [2.24, 2.45) is 5.16 Å². The molecule has 2 amide bonds. The average molecular weight is 636 g/mol. The number of nitrogens with zero attached hydrogens (tertiary/aromatic N) is 7. The maximum atomic E-state index is 13.3. The summed E-state index contributed by atoms with van der Waals surface area (Å²) in [5, 5.41) is 38.3. The van der Waals surface area contributed by atoms with E-state index in [-0.39, 0.29) is 52.8 Å². The zero-order valence-corrected chi connectivity index (χ0v) is 24.2. The van der Waals surface area contributed by atoms with E-state index in [1.54, 1.807) is 5.38 Å². The Hall–Kier alpha value is -3.97. The van der Waals surface area contributed by atoms with Gasteiger partial charge < -0.3 is 26.1 Å². The first-order chi connectivity index (χ1) is 20.2. The number of thiazole rings is 1. The lowest BCUT2D eigenvalue weighted by molar-refractivity contribution is -0.150. The summed E-state index contributed by atoms with van der Waals surface area (Å²) in [4.78, 5) is 60.5. The first kappa shape index (κ1) is 29.5. The van der Waals surface area contributed by atoms with Gasteiger partial charge in [0.25, 0.3) is 11.8 Å². The van der Waals surface area contributed by atoms with Crippen molar-refractivity contribution >= 4 is 69.5 Å². The van der Waals surface area contributed by atoms with Crippen LogP contribution in [0.3, 0.4) is 0 Å². The molecule has 0 radical (unpaired) electrons. The number of nitrogens with one attached hydrogen (secondary N) is 1.